The molecule has 1 nitrogen and oxygen atoms in total. The van der Waals surface area contributed by atoms with Crippen molar-refractivity contribution in [3.05, 3.63) is 41.5 Å². The van der Waals surface area contributed by atoms with Crippen LogP contribution in [-0.4, -0.2) is 5.71 Å². The van der Waals surface area contributed by atoms with E-state index >= 15 is 0 Å². The smallest absolute Gasteiger partial charge is 0.0664 e. The third-order valence-corrected chi connectivity index (χ3v) is 3.69. The molecule has 1 aliphatic heterocycles. The van der Waals surface area contributed by atoms with E-state index in [9.17, 15) is 0 Å². The van der Waals surface area contributed by atoms with Crippen molar-refractivity contribution in [2.75, 3.05) is 0 Å². The Morgan fingerprint density at radius 2 is 1.89 bits per heavy atom. The fourth-order valence-corrected chi connectivity index (χ4v) is 2.58. The van der Waals surface area contributed by atoms with Crippen molar-refractivity contribution in [3.63, 3.8) is 0 Å². The lowest BCUT2D eigenvalue weighted by Crippen LogP contribution is -2.09. The second-order valence-corrected chi connectivity index (χ2v) is 5.73. The van der Waals surface area contributed by atoms with Crippen molar-refractivity contribution >= 4 is 11.4 Å². The maximum atomic E-state index is 4.88. The van der Waals surface area contributed by atoms with Crippen LogP contribution in [0.2, 0.25) is 0 Å². The van der Waals surface area contributed by atoms with E-state index in [0.29, 0.717) is 5.92 Å². The second-order valence-electron chi connectivity index (χ2n) is 5.73. The molecule has 0 aliphatic carbocycles. The average molecular weight is 255 g/mol. The number of allylic oxidation sites excluding steroid dienone is 1. The standard InChI is InChI=1S/C18H25N/c1-4-5-6-7-17-12-15(3)13-18(19-17)16-10-8-14(2)9-11-16/h8-11,13,15H,4-7,12H2,1-3H3. The third-order valence-electron chi connectivity index (χ3n) is 3.69. The first-order chi connectivity index (χ1) is 9.19. The topological polar surface area (TPSA) is 12.4 Å². The highest BCUT2D eigenvalue weighted by atomic mass is 14.8. The van der Waals surface area contributed by atoms with Gasteiger partial charge in [0.25, 0.3) is 0 Å². The first-order valence-corrected chi connectivity index (χ1v) is 7.54. The van der Waals surface area contributed by atoms with Crippen LogP contribution < -0.4 is 0 Å². The monoisotopic (exact) mass is 255 g/mol. The molecule has 102 valence electrons. The Balaban J connectivity index is 2.12. The van der Waals surface area contributed by atoms with Gasteiger partial charge in [-0.2, -0.15) is 0 Å². The summed E-state index contributed by atoms with van der Waals surface area (Å²) in [5, 5.41) is 0. The average Bonchev–Trinajstić information content (AvgIpc) is 2.39. The van der Waals surface area contributed by atoms with Crippen LogP contribution in [0.25, 0.3) is 5.70 Å². The minimum Gasteiger partial charge on any atom is -0.258 e. The van der Waals surface area contributed by atoms with E-state index in [1.807, 2.05) is 0 Å². The Kier molecular flexibility index (Phi) is 4.95. The van der Waals surface area contributed by atoms with E-state index in [2.05, 4.69) is 51.1 Å². The van der Waals surface area contributed by atoms with E-state index in [0.717, 1.165) is 6.42 Å². The molecule has 1 atom stereocenters. The van der Waals surface area contributed by atoms with Gasteiger partial charge in [0, 0.05) is 5.71 Å². The lowest BCUT2D eigenvalue weighted by atomic mass is 9.94. The molecule has 1 aromatic carbocycles. The van der Waals surface area contributed by atoms with Crippen LogP contribution in [-0.2, 0) is 0 Å². The molecule has 0 saturated carbocycles. The van der Waals surface area contributed by atoms with Crippen LogP contribution in [0.3, 0.4) is 0 Å². The zero-order valence-corrected chi connectivity index (χ0v) is 12.4. The predicted molar refractivity (Wildman–Crippen MR) is 84.5 cm³/mol. The number of hydrogen-bond donors (Lipinski definition) is 0. The predicted octanol–water partition coefficient (Wildman–Crippen LogP) is 5.40. The summed E-state index contributed by atoms with van der Waals surface area (Å²) in [6, 6.07) is 8.71. The first-order valence-electron chi connectivity index (χ1n) is 7.54. The summed E-state index contributed by atoms with van der Waals surface area (Å²) in [6.45, 7) is 6.67. The molecule has 0 saturated heterocycles. The highest BCUT2D eigenvalue weighted by Gasteiger charge is 2.14. The second kappa shape index (κ2) is 6.70. The molecule has 0 fully saturated rings. The van der Waals surface area contributed by atoms with Gasteiger partial charge in [0.1, 0.15) is 0 Å². The molecule has 0 amide bonds. The minimum atomic E-state index is 0.616. The molecule has 1 aromatic rings. The van der Waals surface area contributed by atoms with E-state index < -0.39 is 0 Å². The van der Waals surface area contributed by atoms with Crippen molar-refractivity contribution < 1.29 is 0 Å². The molecule has 1 heterocycles. The molecule has 1 unspecified atom stereocenters. The Morgan fingerprint density at radius 3 is 2.58 bits per heavy atom. The molecule has 0 radical (unpaired) electrons. The van der Waals surface area contributed by atoms with Gasteiger partial charge in [0.15, 0.2) is 0 Å². The number of aryl methyl sites for hydroxylation is 1. The summed E-state index contributed by atoms with van der Waals surface area (Å²) in [7, 11) is 0. The fraction of sp³-hybridized carbons (Fsp3) is 0.500. The zero-order chi connectivity index (χ0) is 13.7. The van der Waals surface area contributed by atoms with Crippen LogP contribution in [0.5, 0.6) is 0 Å². The Hall–Kier alpha value is -1.37. The van der Waals surface area contributed by atoms with E-state index in [-0.39, 0.29) is 0 Å². The molecule has 1 aliphatic rings. The summed E-state index contributed by atoms with van der Waals surface area (Å²) in [6.07, 6.45) is 8.50. The van der Waals surface area contributed by atoms with Crippen molar-refractivity contribution in [3.8, 4) is 0 Å². The Labute approximate surface area is 117 Å². The maximum Gasteiger partial charge on any atom is 0.0664 e. The molecule has 0 spiro atoms. The molecule has 0 N–H and O–H groups in total. The van der Waals surface area contributed by atoms with Crippen LogP contribution in [0.1, 0.15) is 57.1 Å². The Bertz CT molecular complexity index is 465. The number of unbranched alkanes of at least 4 members (excludes halogenated alkanes) is 2. The van der Waals surface area contributed by atoms with Gasteiger partial charge in [0.2, 0.25) is 0 Å². The van der Waals surface area contributed by atoms with Gasteiger partial charge in [-0.1, -0.05) is 62.6 Å². The fourth-order valence-electron chi connectivity index (χ4n) is 2.58. The van der Waals surface area contributed by atoms with Gasteiger partial charge in [0.05, 0.1) is 5.70 Å². The molecular weight excluding hydrogens is 230 g/mol. The van der Waals surface area contributed by atoms with Crippen LogP contribution in [0.4, 0.5) is 0 Å². The van der Waals surface area contributed by atoms with Gasteiger partial charge < -0.3 is 0 Å². The molecular formula is C18H25N. The van der Waals surface area contributed by atoms with Crippen molar-refractivity contribution in [2.24, 2.45) is 10.9 Å². The Morgan fingerprint density at radius 1 is 1.16 bits per heavy atom. The summed E-state index contributed by atoms with van der Waals surface area (Å²) in [5.41, 5.74) is 5.12. The zero-order valence-electron chi connectivity index (χ0n) is 12.4. The van der Waals surface area contributed by atoms with Gasteiger partial charge in [-0.25, -0.2) is 0 Å². The maximum absolute atomic E-state index is 4.88. The van der Waals surface area contributed by atoms with Crippen LogP contribution in [0.15, 0.2) is 35.3 Å². The largest absolute Gasteiger partial charge is 0.258 e. The van der Waals surface area contributed by atoms with Crippen LogP contribution in [0, 0.1) is 12.8 Å². The SMILES string of the molecule is CCCCCC1=NC(c2ccc(C)cc2)=CC(C)C1. The van der Waals surface area contributed by atoms with Gasteiger partial charge >= 0.3 is 0 Å². The summed E-state index contributed by atoms with van der Waals surface area (Å²) in [5.74, 6) is 0.616. The quantitative estimate of drug-likeness (QED) is 0.625. The first kappa shape index (κ1) is 14.0. The molecule has 0 bridgehead atoms. The molecule has 0 aromatic heterocycles. The number of aliphatic imine (C=N–C) groups is 1. The van der Waals surface area contributed by atoms with Gasteiger partial charge in [-0.3, -0.25) is 4.99 Å². The molecule has 1 heteroatoms. The summed E-state index contributed by atoms with van der Waals surface area (Å²) >= 11 is 0. The van der Waals surface area contributed by atoms with E-state index in [1.165, 1.54) is 48.2 Å². The molecule has 19 heavy (non-hydrogen) atoms. The number of nitrogens with zero attached hydrogens (tertiary/aromatic N) is 1. The third kappa shape index (κ3) is 4.05. The number of hydrogen-bond acceptors (Lipinski definition) is 1. The number of rotatable bonds is 5. The normalized spacial score (nSPS) is 19.0. The number of benzene rings is 1. The summed E-state index contributed by atoms with van der Waals surface area (Å²) < 4.78 is 0. The van der Waals surface area contributed by atoms with E-state index in [1.54, 1.807) is 0 Å². The highest BCUT2D eigenvalue weighted by molar-refractivity contribution is 5.92. The minimum absolute atomic E-state index is 0.616. The lowest BCUT2D eigenvalue weighted by molar-refractivity contribution is 0.705. The summed E-state index contributed by atoms with van der Waals surface area (Å²) in [4.78, 5) is 4.88. The van der Waals surface area contributed by atoms with Gasteiger partial charge in [-0.15, -0.1) is 0 Å². The highest BCUT2D eigenvalue weighted by Crippen LogP contribution is 2.26. The molecule has 2 rings (SSSR count). The lowest BCUT2D eigenvalue weighted by Gasteiger charge is -2.18. The van der Waals surface area contributed by atoms with Crippen LogP contribution >= 0.6 is 0 Å². The van der Waals surface area contributed by atoms with Crippen molar-refractivity contribution in [1.82, 2.24) is 0 Å². The van der Waals surface area contributed by atoms with Gasteiger partial charge in [-0.05, 0) is 37.7 Å². The van der Waals surface area contributed by atoms with Crippen molar-refractivity contribution in [2.45, 2.75) is 52.9 Å². The van der Waals surface area contributed by atoms with E-state index in [4.69, 9.17) is 4.99 Å². The van der Waals surface area contributed by atoms with Crippen molar-refractivity contribution in [1.29, 1.82) is 0 Å².